The lowest BCUT2D eigenvalue weighted by atomic mass is 10.0. The van der Waals surface area contributed by atoms with Crippen LogP contribution in [-0.2, 0) is 11.2 Å². The summed E-state index contributed by atoms with van der Waals surface area (Å²) in [7, 11) is 0. The Morgan fingerprint density at radius 3 is 2.86 bits per heavy atom. The van der Waals surface area contributed by atoms with Crippen molar-refractivity contribution in [2.75, 3.05) is 36.5 Å². The van der Waals surface area contributed by atoms with Gasteiger partial charge in [0.1, 0.15) is 18.0 Å². The van der Waals surface area contributed by atoms with Crippen molar-refractivity contribution >= 4 is 23.4 Å². The van der Waals surface area contributed by atoms with Crippen molar-refractivity contribution in [3.05, 3.63) is 42.2 Å². The largest absolute Gasteiger partial charge is 0.450 e. The van der Waals surface area contributed by atoms with E-state index in [1.54, 1.807) is 11.2 Å². The van der Waals surface area contributed by atoms with Gasteiger partial charge in [-0.15, -0.1) is 0 Å². The molecule has 0 atom stereocenters. The summed E-state index contributed by atoms with van der Waals surface area (Å²) in [6, 6.07) is 10.8. The van der Waals surface area contributed by atoms with Crippen molar-refractivity contribution in [3.63, 3.8) is 0 Å². The minimum Gasteiger partial charge on any atom is -0.450 e. The van der Waals surface area contributed by atoms with Crippen molar-refractivity contribution in [1.82, 2.24) is 14.9 Å². The number of carbonyl (C=O) groups excluding carboxylic acids is 1. The molecule has 2 aromatic rings. The number of amides is 1. The lowest BCUT2D eigenvalue weighted by Crippen LogP contribution is -2.42. The average molecular weight is 381 g/mol. The number of rotatable bonds is 4. The van der Waals surface area contributed by atoms with Crippen LogP contribution >= 0.6 is 0 Å². The Morgan fingerprint density at radius 1 is 1.21 bits per heavy atom. The molecule has 3 heterocycles. The van der Waals surface area contributed by atoms with Gasteiger partial charge in [-0.25, -0.2) is 14.8 Å². The number of ether oxygens (including phenoxy) is 1. The first-order chi connectivity index (χ1) is 13.7. The van der Waals surface area contributed by atoms with Gasteiger partial charge < -0.3 is 19.9 Å². The Morgan fingerprint density at radius 2 is 2.04 bits per heavy atom. The topological polar surface area (TPSA) is 70.6 Å². The lowest BCUT2D eigenvalue weighted by Gasteiger charge is -2.32. The summed E-state index contributed by atoms with van der Waals surface area (Å²) in [6.07, 6.45) is 5.41. The number of piperidine rings is 1. The fraction of sp³-hybridized carbons (Fsp3) is 0.476. The highest BCUT2D eigenvalue weighted by Crippen LogP contribution is 2.32. The van der Waals surface area contributed by atoms with Crippen LogP contribution in [0.2, 0.25) is 0 Å². The van der Waals surface area contributed by atoms with E-state index in [1.807, 2.05) is 13.0 Å². The van der Waals surface area contributed by atoms with Gasteiger partial charge in [0.25, 0.3) is 0 Å². The summed E-state index contributed by atoms with van der Waals surface area (Å²) in [5, 5.41) is 3.52. The zero-order valence-electron chi connectivity index (χ0n) is 16.3. The fourth-order valence-electron chi connectivity index (χ4n) is 3.98. The van der Waals surface area contributed by atoms with Gasteiger partial charge in [0, 0.05) is 37.4 Å². The Balaban J connectivity index is 1.41. The zero-order valence-corrected chi connectivity index (χ0v) is 16.3. The smallest absolute Gasteiger partial charge is 0.409 e. The van der Waals surface area contributed by atoms with Gasteiger partial charge in [0.15, 0.2) is 0 Å². The predicted molar refractivity (Wildman–Crippen MR) is 109 cm³/mol. The number of aromatic nitrogens is 2. The number of benzene rings is 1. The summed E-state index contributed by atoms with van der Waals surface area (Å²) in [5.41, 5.74) is 2.61. The van der Waals surface area contributed by atoms with Crippen LogP contribution in [0.5, 0.6) is 0 Å². The number of carbonyl (C=O) groups is 1. The van der Waals surface area contributed by atoms with E-state index >= 15 is 0 Å². The number of fused-ring (bicyclic) bond motifs is 1. The molecule has 0 radical (unpaired) electrons. The minimum absolute atomic E-state index is 0.214. The van der Waals surface area contributed by atoms with Gasteiger partial charge in [0.2, 0.25) is 0 Å². The predicted octanol–water partition coefficient (Wildman–Crippen LogP) is 3.59. The molecule has 0 spiro atoms. The average Bonchev–Trinajstić information content (AvgIpc) is 2.74. The zero-order chi connectivity index (χ0) is 19.3. The van der Waals surface area contributed by atoms with Gasteiger partial charge in [-0.1, -0.05) is 18.2 Å². The lowest BCUT2D eigenvalue weighted by molar-refractivity contribution is 0.0983. The first kappa shape index (κ1) is 18.5. The standard InChI is InChI=1S/C21H27N5O2/c1-2-28-21(27)25-12-9-17(10-13-25)24-19-14-20(23-15-22-19)26-11-5-7-16-6-3-4-8-18(16)26/h3-4,6,8,14-15,17H,2,5,7,9-13H2,1H3,(H,22,23,24). The van der Waals surface area contributed by atoms with Crippen LogP contribution in [0.1, 0.15) is 31.7 Å². The van der Waals surface area contributed by atoms with Crippen LogP contribution in [0.4, 0.5) is 22.1 Å². The highest BCUT2D eigenvalue weighted by atomic mass is 16.6. The molecule has 1 aromatic carbocycles. The maximum absolute atomic E-state index is 11.8. The molecule has 7 nitrogen and oxygen atoms in total. The summed E-state index contributed by atoms with van der Waals surface area (Å²) in [4.78, 5) is 24.8. The fourth-order valence-corrected chi connectivity index (χ4v) is 3.98. The molecule has 1 saturated heterocycles. The number of likely N-dealkylation sites (tertiary alicyclic amines) is 1. The number of para-hydroxylation sites is 1. The van der Waals surface area contributed by atoms with Gasteiger partial charge in [-0.2, -0.15) is 0 Å². The second kappa shape index (κ2) is 8.46. The number of anilines is 3. The Hall–Kier alpha value is -2.83. The van der Waals surface area contributed by atoms with Crippen molar-refractivity contribution in [1.29, 1.82) is 0 Å². The number of aryl methyl sites for hydroxylation is 1. The molecule has 1 N–H and O–H groups in total. The van der Waals surface area contributed by atoms with Crippen LogP contribution in [0.15, 0.2) is 36.7 Å². The number of nitrogens with one attached hydrogen (secondary N) is 1. The van der Waals surface area contributed by atoms with Gasteiger partial charge in [-0.3, -0.25) is 0 Å². The molecule has 2 aliphatic rings. The molecular formula is C21H27N5O2. The quantitative estimate of drug-likeness (QED) is 0.873. The molecule has 0 saturated carbocycles. The van der Waals surface area contributed by atoms with Crippen LogP contribution in [-0.4, -0.2) is 53.2 Å². The summed E-state index contributed by atoms with van der Waals surface area (Å²) < 4.78 is 5.09. The van der Waals surface area contributed by atoms with Crippen LogP contribution < -0.4 is 10.2 Å². The molecule has 2 aliphatic heterocycles. The van der Waals surface area contributed by atoms with E-state index in [9.17, 15) is 4.79 Å². The Labute approximate surface area is 165 Å². The maximum atomic E-state index is 11.8. The SMILES string of the molecule is CCOC(=O)N1CCC(Nc2cc(N3CCCc4ccccc43)ncn2)CC1. The first-order valence-corrected chi connectivity index (χ1v) is 10.1. The Bertz CT molecular complexity index is 820. The summed E-state index contributed by atoms with van der Waals surface area (Å²) in [6.45, 7) is 4.62. The molecule has 4 rings (SSSR count). The monoisotopic (exact) mass is 381 g/mol. The molecule has 148 valence electrons. The molecule has 28 heavy (non-hydrogen) atoms. The van der Waals surface area contributed by atoms with Gasteiger partial charge >= 0.3 is 6.09 Å². The summed E-state index contributed by atoms with van der Waals surface area (Å²) >= 11 is 0. The highest BCUT2D eigenvalue weighted by Gasteiger charge is 2.24. The van der Waals surface area contributed by atoms with E-state index in [0.29, 0.717) is 25.7 Å². The van der Waals surface area contributed by atoms with E-state index in [0.717, 1.165) is 43.9 Å². The van der Waals surface area contributed by atoms with Crippen molar-refractivity contribution < 1.29 is 9.53 Å². The molecule has 0 bridgehead atoms. The molecule has 1 amide bonds. The molecular weight excluding hydrogens is 354 g/mol. The van der Waals surface area contributed by atoms with E-state index in [4.69, 9.17) is 4.74 Å². The third-order valence-corrected chi connectivity index (χ3v) is 5.41. The molecule has 0 aliphatic carbocycles. The van der Waals surface area contributed by atoms with Crippen LogP contribution in [0.3, 0.4) is 0 Å². The second-order valence-electron chi connectivity index (χ2n) is 7.25. The third kappa shape index (κ3) is 4.03. The molecule has 1 fully saturated rings. The second-order valence-corrected chi connectivity index (χ2v) is 7.25. The number of nitrogens with zero attached hydrogens (tertiary/aromatic N) is 4. The first-order valence-electron chi connectivity index (χ1n) is 10.1. The third-order valence-electron chi connectivity index (χ3n) is 5.41. The van der Waals surface area contributed by atoms with E-state index in [-0.39, 0.29) is 6.09 Å². The maximum Gasteiger partial charge on any atom is 0.409 e. The Kier molecular flexibility index (Phi) is 5.60. The van der Waals surface area contributed by atoms with E-state index in [1.165, 1.54) is 11.3 Å². The van der Waals surface area contributed by atoms with Crippen molar-refractivity contribution in [3.8, 4) is 0 Å². The minimum atomic E-state index is -0.214. The van der Waals surface area contributed by atoms with E-state index < -0.39 is 0 Å². The van der Waals surface area contributed by atoms with Gasteiger partial charge in [0.05, 0.1) is 6.61 Å². The molecule has 0 unspecified atom stereocenters. The normalized spacial score (nSPS) is 17.2. The van der Waals surface area contributed by atoms with Crippen LogP contribution in [0, 0.1) is 0 Å². The highest BCUT2D eigenvalue weighted by molar-refractivity contribution is 5.68. The van der Waals surface area contributed by atoms with Crippen LogP contribution in [0.25, 0.3) is 0 Å². The number of hydrogen-bond donors (Lipinski definition) is 1. The van der Waals surface area contributed by atoms with Gasteiger partial charge in [-0.05, 0) is 44.2 Å². The number of hydrogen-bond acceptors (Lipinski definition) is 6. The van der Waals surface area contributed by atoms with Crippen molar-refractivity contribution in [2.24, 2.45) is 0 Å². The summed E-state index contributed by atoms with van der Waals surface area (Å²) in [5.74, 6) is 1.76. The molecule has 7 heteroatoms. The van der Waals surface area contributed by atoms with E-state index in [2.05, 4.69) is 44.5 Å². The van der Waals surface area contributed by atoms with Crippen molar-refractivity contribution in [2.45, 2.75) is 38.6 Å². The molecule has 1 aromatic heterocycles.